The molecule has 1 aromatic heterocycles. The van der Waals surface area contributed by atoms with Gasteiger partial charge in [-0.3, -0.25) is 4.79 Å². The number of aromatic nitrogens is 2. The molecule has 5 nitrogen and oxygen atoms in total. The van der Waals surface area contributed by atoms with E-state index in [2.05, 4.69) is 95.4 Å². The first-order valence-corrected chi connectivity index (χ1v) is 13.2. The summed E-state index contributed by atoms with van der Waals surface area (Å²) in [6.07, 6.45) is 3.64. The highest BCUT2D eigenvalue weighted by molar-refractivity contribution is 5.80. The van der Waals surface area contributed by atoms with Gasteiger partial charge in [0.15, 0.2) is 0 Å². The van der Waals surface area contributed by atoms with Crippen molar-refractivity contribution in [2.75, 3.05) is 18.0 Å². The van der Waals surface area contributed by atoms with Crippen LogP contribution in [0.4, 0.5) is 5.95 Å². The fourth-order valence-electron chi connectivity index (χ4n) is 5.14. The minimum atomic E-state index is 0.0651. The fraction of sp³-hybridized carbons (Fsp3) is 0.355. The van der Waals surface area contributed by atoms with Crippen molar-refractivity contribution in [1.82, 2.24) is 14.9 Å². The number of carbonyl (C=O) groups is 1. The molecule has 3 aromatic carbocycles. The molecule has 0 radical (unpaired) electrons. The van der Waals surface area contributed by atoms with Gasteiger partial charge >= 0.3 is 0 Å². The normalized spacial score (nSPS) is 15.2. The van der Waals surface area contributed by atoms with Crippen molar-refractivity contribution in [2.45, 2.75) is 52.1 Å². The molecule has 5 heteroatoms. The van der Waals surface area contributed by atoms with Crippen LogP contribution in [-0.4, -0.2) is 34.6 Å². The van der Waals surface area contributed by atoms with Crippen molar-refractivity contribution in [3.8, 4) is 0 Å². The number of anilines is 1. The molecule has 186 valence electrons. The zero-order valence-electron chi connectivity index (χ0n) is 21.4. The molecular weight excluding hydrogens is 444 g/mol. The lowest BCUT2D eigenvalue weighted by molar-refractivity contribution is -0.126. The van der Waals surface area contributed by atoms with Gasteiger partial charge in [0.05, 0.1) is 17.6 Å². The summed E-state index contributed by atoms with van der Waals surface area (Å²) < 4.78 is 2.33. The van der Waals surface area contributed by atoms with Gasteiger partial charge in [-0.1, -0.05) is 72.3 Å². The summed E-state index contributed by atoms with van der Waals surface area (Å²) >= 11 is 0. The smallest absolute Gasteiger partial charge is 0.223 e. The highest BCUT2D eigenvalue weighted by atomic mass is 16.1. The number of imidazole rings is 1. The van der Waals surface area contributed by atoms with E-state index in [1.807, 2.05) is 12.1 Å². The number of hydrogen-bond acceptors (Lipinski definition) is 3. The molecule has 4 aromatic rings. The van der Waals surface area contributed by atoms with Crippen LogP contribution in [0.15, 0.2) is 78.9 Å². The van der Waals surface area contributed by atoms with Crippen LogP contribution >= 0.6 is 0 Å². The van der Waals surface area contributed by atoms with E-state index < -0.39 is 0 Å². The summed E-state index contributed by atoms with van der Waals surface area (Å²) in [6, 6.07) is 27.7. The summed E-state index contributed by atoms with van der Waals surface area (Å²) in [5.41, 5.74) is 6.03. The molecule has 2 heterocycles. The molecule has 1 saturated heterocycles. The Morgan fingerprint density at radius 1 is 0.944 bits per heavy atom. The summed E-state index contributed by atoms with van der Waals surface area (Å²) in [5.74, 6) is 1.27. The van der Waals surface area contributed by atoms with E-state index in [0.717, 1.165) is 62.3 Å². The lowest BCUT2D eigenvalue weighted by atomic mass is 9.95. The lowest BCUT2D eigenvalue weighted by Gasteiger charge is -2.33. The number of amides is 1. The first-order chi connectivity index (χ1) is 17.6. The molecule has 1 amide bonds. The number of piperidine rings is 1. The van der Waals surface area contributed by atoms with Gasteiger partial charge in [0, 0.05) is 25.0 Å². The van der Waals surface area contributed by atoms with E-state index in [4.69, 9.17) is 4.98 Å². The van der Waals surface area contributed by atoms with Gasteiger partial charge in [0.25, 0.3) is 0 Å². The van der Waals surface area contributed by atoms with Gasteiger partial charge in [-0.25, -0.2) is 4.98 Å². The molecule has 1 aliphatic rings. The minimum absolute atomic E-state index is 0.0651. The Kier molecular flexibility index (Phi) is 7.36. The van der Waals surface area contributed by atoms with Gasteiger partial charge < -0.3 is 14.8 Å². The Hall–Kier alpha value is -3.60. The zero-order valence-corrected chi connectivity index (χ0v) is 21.4. The van der Waals surface area contributed by atoms with Crippen LogP contribution < -0.4 is 10.2 Å². The Labute approximate surface area is 214 Å². The monoisotopic (exact) mass is 480 g/mol. The third kappa shape index (κ3) is 5.62. The second-order valence-corrected chi connectivity index (χ2v) is 10.2. The minimum Gasteiger partial charge on any atom is -0.353 e. The molecule has 0 aliphatic carbocycles. The molecule has 0 saturated carbocycles. The second kappa shape index (κ2) is 11.0. The van der Waals surface area contributed by atoms with Gasteiger partial charge in [0.2, 0.25) is 11.9 Å². The Bertz CT molecular complexity index is 1290. The molecule has 1 N–H and O–H groups in total. The van der Waals surface area contributed by atoms with E-state index in [1.165, 1.54) is 16.7 Å². The number of hydrogen-bond donors (Lipinski definition) is 1. The van der Waals surface area contributed by atoms with Crippen LogP contribution in [-0.2, 0) is 17.8 Å². The number of nitrogens with one attached hydrogen (secondary N) is 1. The maximum Gasteiger partial charge on any atom is 0.223 e. The average molecular weight is 481 g/mol. The van der Waals surface area contributed by atoms with Crippen molar-refractivity contribution in [2.24, 2.45) is 5.92 Å². The largest absolute Gasteiger partial charge is 0.353 e. The quantitative estimate of drug-likeness (QED) is 0.350. The van der Waals surface area contributed by atoms with E-state index in [0.29, 0.717) is 0 Å². The molecule has 1 atom stereocenters. The lowest BCUT2D eigenvalue weighted by Crippen LogP contribution is -2.43. The first-order valence-electron chi connectivity index (χ1n) is 13.2. The van der Waals surface area contributed by atoms with Crippen LogP contribution in [0.3, 0.4) is 0 Å². The van der Waals surface area contributed by atoms with Gasteiger partial charge in [-0.05, 0) is 62.8 Å². The van der Waals surface area contributed by atoms with Gasteiger partial charge in [0.1, 0.15) is 0 Å². The van der Waals surface area contributed by atoms with E-state index in [9.17, 15) is 4.79 Å². The SMILES string of the molecule is Cc1ccc(Cn2c(N3CCC(C(=O)NC(C)CCc4ccccc4)CC3)nc3ccccc32)cc1. The summed E-state index contributed by atoms with van der Waals surface area (Å²) in [6.45, 7) is 6.70. The molecule has 1 aliphatic heterocycles. The zero-order chi connectivity index (χ0) is 24.9. The molecule has 0 bridgehead atoms. The summed E-state index contributed by atoms with van der Waals surface area (Å²) in [4.78, 5) is 20.4. The Morgan fingerprint density at radius 2 is 1.64 bits per heavy atom. The molecule has 0 spiro atoms. The van der Waals surface area contributed by atoms with E-state index >= 15 is 0 Å². The number of nitrogens with zero attached hydrogens (tertiary/aromatic N) is 3. The Morgan fingerprint density at radius 3 is 2.39 bits per heavy atom. The van der Waals surface area contributed by atoms with E-state index in [-0.39, 0.29) is 17.9 Å². The first kappa shape index (κ1) is 24.1. The molecule has 36 heavy (non-hydrogen) atoms. The number of para-hydroxylation sites is 2. The van der Waals surface area contributed by atoms with Crippen LogP contribution in [0, 0.1) is 12.8 Å². The van der Waals surface area contributed by atoms with Crippen molar-refractivity contribution in [3.05, 3.63) is 95.6 Å². The standard InChI is InChI=1S/C31H36N4O/c1-23-12-15-26(16-13-23)22-35-29-11-7-6-10-28(29)33-31(35)34-20-18-27(19-21-34)30(36)32-24(2)14-17-25-8-4-3-5-9-25/h3-13,15-16,24,27H,14,17-22H2,1-2H3,(H,32,36). The predicted molar refractivity (Wildman–Crippen MR) is 147 cm³/mol. The van der Waals surface area contributed by atoms with Crippen molar-refractivity contribution < 1.29 is 4.79 Å². The van der Waals surface area contributed by atoms with Crippen molar-refractivity contribution in [3.63, 3.8) is 0 Å². The van der Waals surface area contributed by atoms with Crippen molar-refractivity contribution >= 4 is 22.9 Å². The van der Waals surface area contributed by atoms with Crippen LogP contribution in [0.1, 0.15) is 42.9 Å². The van der Waals surface area contributed by atoms with Crippen LogP contribution in [0.2, 0.25) is 0 Å². The van der Waals surface area contributed by atoms with Gasteiger partial charge in [-0.15, -0.1) is 0 Å². The van der Waals surface area contributed by atoms with E-state index in [1.54, 1.807) is 0 Å². The predicted octanol–water partition coefficient (Wildman–Crippen LogP) is 5.75. The Balaban J connectivity index is 1.22. The number of aryl methyl sites for hydroxylation is 2. The topological polar surface area (TPSA) is 50.2 Å². The third-order valence-corrected chi connectivity index (χ3v) is 7.34. The number of fused-ring (bicyclic) bond motifs is 1. The van der Waals surface area contributed by atoms with Crippen LogP contribution in [0.5, 0.6) is 0 Å². The molecule has 5 rings (SSSR count). The molecular formula is C31H36N4O. The number of rotatable bonds is 8. The third-order valence-electron chi connectivity index (χ3n) is 7.34. The average Bonchev–Trinajstić information content (AvgIpc) is 3.27. The number of benzene rings is 3. The van der Waals surface area contributed by atoms with Crippen molar-refractivity contribution in [1.29, 1.82) is 0 Å². The highest BCUT2D eigenvalue weighted by Crippen LogP contribution is 2.28. The molecule has 1 fully saturated rings. The second-order valence-electron chi connectivity index (χ2n) is 10.2. The number of carbonyl (C=O) groups excluding carboxylic acids is 1. The molecule has 1 unspecified atom stereocenters. The highest BCUT2D eigenvalue weighted by Gasteiger charge is 2.28. The van der Waals surface area contributed by atoms with Crippen LogP contribution in [0.25, 0.3) is 11.0 Å². The fourth-order valence-corrected chi connectivity index (χ4v) is 5.14. The maximum atomic E-state index is 13.0. The summed E-state index contributed by atoms with van der Waals surface area (Å²) in [7, 11) is 0. The maximum absolute atomic E-state index is 13.0. The van der Waals surface area contributed by atoms with Gasteiger partial charge in [-0.2, -0.15) is 0 Å². The summed E-state index contributed by atoms with van der Waals surface area (Å²) in [5, 5.41) is 3.27.